The molecule has 410 valence electrons. The molecule has 0 saturated carbocycles. The number of nitrogens with one attached hydrogen (secondary N) is 2. The van der Waals surface area contributed by atoms with Crippen LogP contribution in [0.5, 0.6) is 5.75 Å². The Labute approximate surface area is 443 Å². The van der Waals surface area contributed by atoms with Gasteiger partial charge in [0.2, 0.25) is 6.29 Å². The molecular formula is C55H69FN6O13S. The highest BCUT2D eigenvalue weighted by atomic mass is 32.2. The van der Waals surface area contributed by atoms with Gasteiger partial charge in [-0.3, -0.25) is 14.4 Å². The number of pyridine rings is 1. The van der Waals surface area contributed by atoms with Crippen molar-refractivity contribution in [1.82, 2.24) is 25.2 Å². The molecule has 19 nitrogen and oxygen atoms in total. The minimum Gasteiger partial charge on any atom is -0.495 e. The average Bonchev–Trinajstić information content (AvgIpc) is 3.74. The van der Waals surface area contributed by atoms with Crippen LogP contribution in [0.2, 0.25) is 0 Å². The number of methoxy groups -OCH3 is 1. The van der Waals surface area contributed by atoms with E-state index in [1.54, 1.807) is 92.8 Å². The Morgan fingerprint density at radius 2 is 1.41 bits per heavy atom. The number of Topliss-reactive ketones (excluding diaryl/α,β-unsaturated/α-hetero) is 2. The first-order chi connectivity index (χ1) is 35.5. The Morgan fingerprint density at radius 1 is 0.776 bits per heavy atom. The van der Waals surface area contributed by atoms with Crippen molar-refractivity contribution in [2.75, 3.05) is 24.8 Å². The van der Waals surface area contributed by atoms with Gasteiger partial charge in [-0.2, -0.15) is 4.98 Å². The van der Waals surface area contributed by atoms with Gasteiger partial charge in [0, 0.05) is 56.3 Å². The summed E-state index contributed by atoms with van der Waals surface area (Å²) in [5.41, 5.74) is 1.68. The maximum atomic E-state index is 14.4. The summed E-state index contributed by atoms with van der Waals surface area (Å²) in [6.07, 6.45) is -0.666. The number of amides is 3. The molecular weight excluding hydrogens is 1000 g/mol. The smallest absolute Gasteiger partial charge is 0.424 e. The summed E-state index contributed by atoms with van der Waals surface area (Å²) in [7, 11) is -2.46. The van der Waals surface area contributed by atoms with E-state index in [1.807, 2.05) is 24.3 Å². The third-order valence-electron chi connectivity index (χ3n) is 11.8. The quantitative estimate of drug-likeness (QED) is 0.0284. The molecule has 0 radical (unpaired) electrons. The number of ketones is 2. The topological polar surface area (TPSA) is 240 Å². The number of fused-ring (bicyclic) bond motifs is 1. The molecule has 0 spiro atoms. The number of unbranched alkanes of at least 4 members (excludes halogenated alkanes) is 1. The normalized spacial score (nSPS) is 13.4. The number of nitrogens with zero attached hydrogens (tertiary/aromatic N) is 4. The largest absolute Gasteiger partial charge is 0.495 e. The van der Waals surface area contributed by atoms with Crippen LogP contribution in [0.25, 0.3) is 16.8 Å². The molecule has 4 atom stereocenters. The number of benzene rings is 3. The Balaban J connectivity index is 1.34. The van der Waals surface area contributed by atoms with Crippen LogP contribution >= 0.6 is 0 Å². The SMILES string of the molecule is COc1cc(S(C)(=O)=O)ccc1N(C(=O)OC(C)OC(=O)[C@@H](CC(=O)[C@H](CCCCNC(=O)OC(C)(C)C)NC(=O)OC(C)(C)C)C(C)C)c1nc2ccc(-c3ccc(CC(=O)[C@H](C)c4ccc(F)cc4)cc3)cn2n1. The molecule has 0 aliphatic rings. The van der Waals surface area contributed by atoms with Gasteiger partial charge in [-0.15, -0.1) is 5.10 Å². The van der Waals surface area contributed by atoms with Crippen molar-refractivity contribution in [3.63, 3.8) is 0 Å². The summed E-state index contributed by atoms with van der Waals surface area (Å²) in [5.74, 6) is -4.03. The minimum atomic E-state index is -3.74. The number of aromatic nitrogens is 3. The number of anilines is 2. The van der Waals surface area contributed by atoms with Gasteiger partial charge in [-0.1, -0.05) is 57.2 Å². The Kier molecular flexibility index (Phi) is 19.9. The number of halogens is 1. The van der Waals surface area contributed by atoms with Gasteiger partial charge in [-0.05, 0) is 120 Å². The van der Waals surface area contributed by atoms with Crippen LogP contribution in [0.15, 0.2) is 90.0 Å². The van der Waals surface area contributed by atoms with E-state index in [1.165, 1.54) is 48.9 Å². The van der Waals surface area contributed by atoms with Gasteiger partial charge in [0.15, 0.2) is 21.3 Å². The van der Waals surface area contributed by atoms with E-state index in [2.05, 4.69) is 20.7 Å². The van der Waals surface area contributed by atoms with E-state index in [-0.39, 0.29) is 59.7 Å². The first-order valence-corrected chi connectivity index (χ1v) is 26.7. The summed E-state index contributed by atoms with van der Waals surface area (Å²) >= 11 is 0. The third kappa shape index (κ3) is 17.3. The van der Waals surface area contributed by atoms with Crippen LogP contribution in [0.1, 0.15) is 112 Å². The molecule has 5 rings (SSSR count). The molecule has 3 aromatic carbocycles. The maximum absolute atomic E-state index is 14.4. The molecule has 0 bridgehead atoms. The van der Waals surface area contributed by atoms with Crippen LogP contribution in [0.4, 0.5) is 30.4 Å². The molecule has 2 heterocycles. The highest BCUT2D eigenvalue weighted by molar-refractivity contribution is 7.90. The van der Waals surface area contributed by atoms with E-state index in [9.17, 15) is 41.6 Å². The fourth-order valence-electron chi connectivity index (χ4n) is 7.77. The van der Waals surface area contributed by atoms with Crippen molar-refractivity contribution in [2.45, 2.75) is 136 Å². The summed E-state index contributed by atoms with van der Waals surface area (Å²) < 4.78 is 67.6. The van der Waals surface area contributed by atoms with Crippen molar-refractivity contribution < 1.29 is 65.3 Å². The molecule has 0 saturated heterocycles. The Bertz CT molecular complexity index is 2990. The van der Waals surface area contributed by atoms with E-state index >= 15 is 0 Å². The first-order valence-electron chi connectivity index (χ1n) is 24.8. The molecule has 2 aromatic heterocycles. The predicted octanol–water partition coefficient (Wildman–Crippen LogP) is 9.85. The lowest BCUT2D eigenvalue weighted by atomic mass is 9.88. The number of hydrogen-bond donors (Lipinski definition) is 2. The molecule has 76 heavy (non-hydrogen) atoms. The zero-order valence-electron chi connectivity index (χ0n) is 45.1. The molecule has 21 heteroatoms. The Morgan fingerprint density at radius 3 is 2.01 bits per heavy atom. The molecule has 0 fully saturated rings. The number of alkyl carbamates (subject to hydrolysis) is 2. The van der Waals surface area contributed by atoms with E-state index < -0.39 is 81.2 Å². The summed E-state index contributed by atoms with van der Waals surface area (Å²) in [6, 6.07) is 19.4. The fraction of sp³-hybridized carbons (Fsp3) is 0.455. The van der Waals surface area contributed by atoms with Crippen LogP contribution < -0.4 is 20.3 Å². The number of hydrogen-bond acceptors (Lipinski definition) is 15. The van der Waals surface area contributed by atoms with E-state index in [0.29, 0.717) is 24.1 Å². The van der Waals surface area contributed by atoms with Crippen molar-refractivity contribution >= 4 is 62.9 Å². The number of ether oxygens (including phenoxy) is 5. The maximum Gasteiger partial charge on any atom is 0.424 e. The van der Waals surface area contributed by atoms with Gasteiger partial charge >= 0.3 is 24.2 Å². The number of rotatable bonds is 22. The van der Waals surface area contributed by atoms with Crippen LogP contribution in [-0.2, 0) is 49.6 Å². The van der Waals surface area contributed by atoms with Gasteiger partial charge in [0.05, 0.1) is 29.7 Å². The third-order valence-corrected chi connectivity index (χ3v) is 12.9. The second-order valence-electron chi connectivity index (χ2n) is 20.7. The molecule has 0 aliphatic heterocycles. The van der Waals surface area contributed by atoms with Crippen LogP contribution in [0, 0.1) is 17.7 Å². The zero-order chi connectivity index (χ0) is 56.3. The van der Waals surface area contributed by atoms with E-state index in [0.717, 1.165) is 27.8 Å². The number of sulfone groups is 1. The monoisotopic (exact) mass is 1070 g/mol. The highest BCUT2D eigenvalue weighted by Gasteiger charge is 2.35. The standard InChI is InChI=1S/C55H69FN6O13S/c1-33(2)42(31-46(64)43(58-52(67)75-55(8,9)10)15-13-14-28-57-51(66)74-54(5,6)7)49(65)72-35(4)73-53(68)62(44-26-25-41(76(12,69)70)30-47(44)71-11)50-59-48-27-22-39(32-61(48)60-50)38-18-16-36(17-19-38)29-45(63)34(3)37-20-23-40(56)24-21-37/h16-27,30,32-35,42-43H,13-15,28-29,31H2,1-12H3,(H,57,66)(H,58,67)/t34-,35?,42+,43+/m1/s1. The van der Waals surface area contributed by atoms with Gasteiger partial charge in [-0.25, -0.2) is 36.6 Å². The first kappa shape index (κ1) is 59.5. The predicted molar refractivity (Wildman–Crippen MR) is 281 cm³/mol. The number of carbonyl (C=O) groups excluding carboxylic acids is 6. The average molecular weight is 1070 g/mol. The highest BCUT2D eigenvalue weighted by Crippen LogP contribution is 2.36. The second kappa shape index (κ2) is 25.4. The summed E-state index contributed by atoms with van der Waals surface area (Å²) in [5, 5.41) is 9.89. The zero-order valence-corrected chi connectivity index (χ0v) is 45.9. The van der Waals surface area contributed by atoms with Crippen molar-refractivity contribution in [1.29, 1.82) is 0 Å². The molecule has 5 aromatic rings. The lowest BCUT2D eigenvalue weighted by molar-refractivity contribution is -0.172. The molecule has 0 aliphatic carbocycles. The minimum absolute atomic E-state index is 0.0248. The van der Waals surface area contributed by atoms with Gasteiger partial charge in [0.1, 0.15) is 28.6 Å². The van der Waals surface area contributed by atoms with Gasteiger partial charge in [0.25, 0.3) is 5.95 Å². The molecule has 1 unspecified atom stereocenters. The van der Waals surface area contributed by atoms with Gasteiger partial charge < -0.3 is 34.3 Å². The Hall–Kier alpha value is -7.42. The molecule has 3 amide bonds. The summed E-state index contributed by atoms with van der Waals surface area (Å²) in [6.45, 7) is 17.0. The van der Waals surface area contributed by atoms with Crippen molar-refractivity contribution in [3.8, 4) is 16.9 Å². The summed E-state index contributed by atoms with van der Waals surface area (Å²) in [4.78, 5) is 85.8. The van der Waals surface area contributed by atoms with Crippen molar-refractivity contribution in [3.05, 3.63) is 102 Å². The lowest BCUT2D eigenvalue weighted by Gasteiger charge is -2.26. The van der Waals surface area contributed by atoms with Crippen molar-refractivity contribution in [2.24, 2.45) is 11.8 Å². The number of esters is 1. The lowest BCUT2D eigenvalue weighted by Crippen LogP contribution is -2.45. The van der Waals surface area contributed by atoms with Crippen LogP contribution in [0.3, 0.4) is 0 Å². The van der Waals surface area contributed by atoms with E-state index in [4.69, 9.17) is 23.7 Å². The molecule has 2 N–H and O–H groups in total. The number of carbonyl (C=O) groups is 6. The fourth-order valence-corrected chi connectivity index (χ4v) is 8.40. The second-order valence-corrected chi connectivity index (χ2v) is 22.7. The van der Waals surface area contributed by atoms with Crippen LogP contribution in [-0.4, -0.2) is 102 Å².